The maximum absolute atomic E-state index is 12.6. The summed E-state index contributed by atoms with van der Waals surface area (Å²) in [5, 5.41) is 6.50. The molecule has 0 radical (unpaired) electrons. The van der Waals surface area contributed by atoms with E-state index in [0.717, 1.165) is 27.7 Å². The van der Waals surface area contributed by atoms with E-state index in [-0.39, 0.29) is 5.91 Å². The lowest BCUT2D eigenvalue weighted by Gasteiger charge is -2.08. The molecule has 3 nitrogen and oxygen atoms in total. The van der Waals surface area contributed by atoms with Gasteiger partial charge in [0.05, 0.1) is 5.69 Å². The fourth-order valence-electron chi connectivity index (χ4n) is 3.82. The molecule has 2 N–H and O–H groups in total. The first-order chi connectivity index (χ1) is 15.3. The molecule has 152 valence electrons. The van der Waals surface area contributed by atoms with Crippen LogP contribution in [0, 0.1) is 0 Å². The highest BCUT2D eigenvalue weighted by molar-refractivity contribution is 7.99. The molecule has 0 bridgehead atoms. The highest BCUT2D eigenvalue weighted by atomic mass is 32.2. The third kappa shape index (κ3) is 4.07. The van der Waals surface area contributed by atoms with Gasteiger partial charge in [-0.05, 0) is 34.5 Å². The lowest BCUT2D eigenvalue weighted by atomic mass is 10.1. The monoisotopic (exact) mass is 422 g/mol. The molecule has 1 aromatic heterocycles. The summed E-state index contributed by atoms with van der Waals surface area (Å²) in [4.78, 5) is 17.4. The summed E-state index contributed by atoms with van der Waals surface area (Å²) in [7, 11) is 0. The zero-order valence-corrected chi connectivity index (χ0v) is 17.8. The minimum atomic E-state index is -0.0337. The Morgan fingerprint density at radius 1 is 0.806 bits per heavy atom. The molecule has 0 aliphatic carbocycles. The van der Waals surface area contributed by atoms with Crippen LogP contribution in [0.4, 0.5) is 0 Å². The van der Waals surface area contributed by atoms with Crippen molar-refractivity contribution in [2.45, 2.75) is 4.90 Å². The second-order valence-corrected chi connectivity index (χ2v) is 8.51. The van der Waals surface area contributed by atoms with E-state index in [1.807, 2.05) is 48.5 Å². The van der Waals surface area contributed by atoms with Gasteiger partial charge < -0.3 is 10.3 Å². The number of rotatable bonds is 6. The molecular weight excluding hydrogens is 400 g/mol. The molecule has 5 rings (SSSR count). The lowest BCUT2D eigenvalue weighted by molar-refractivity contribution is 0.0956. The molecule has 0 atom stereocenters. The van der Waals surface area contributed by atoms with Crippen molar-refractivity contribution in [1.29, 1.82) is 0 Å². The average molecular weight is 423 g/mol. The van der Waals surface area contributed by atoms with Gasteiger partial charge in [0.25, 0.3) is 5.91 Å². The van der Waals surface area contributed by atoms with E-state index in [4.69, 9.17) is 0 Å². The Balaban J connectivity index is 1.29. The van der Waals surface area contributed by atoms with E-state index in [0.29, 0.717) is 12.1 Å². The van der Waals surface area contributed by atoms with Crippen LogP contribution in [0.2, 0.25) is 0 Å². The first-order valence-electron chi connectivity index (χ1n) is 10.4. The van der Waals surface area contributed by atoms with Gasteiger partial charge in [-0.3, -0.25) is 4.79 Å². The number of hydrogen-bond donors (Lipinski definition) is 2. The molecule has 1 amide bonds. The van der Waals surface area contributed by atoms with Gasteiger partial charge >= 0.3 is 0 Å². The van der Waals surface area contributed by atoms with Gasteiger partial charge in [0.1, 0.15) is 0 Å². The third-order valence-electron chi connectivity index (χ3n) is 5.37. The van der Waals surface area contributed by atoms with Crippen LogP contribution >= 0.6 is 11.8 Å². The maximum Gasteiger partial charge on any atom is 0.251 e. The summed E-state index contributed by atoms with van der Waals surface area (Å²) >= 11 is 1.77. The van der Waals surface area contributed by atoms with Gasteiger partial charge in [-0.1, -0.05) is 78.9 Å². The number of benzene rings is 4. The number of amides is 1. The van der Waals surface area contributed by atoms with Gasteiger partial charge in [0.2, 0.25) is 0 Å². The smallest absolute Gasteiger partial charge is 0.251 e. The Kier molecular flexibility index (Phi) is 5.46. The number of fused-ring (bicyclic) bond motifs is 2. The summed E-state index contributed by atoms with van der Waals surface area (Å²) in [5.41, 5.74) is 4.12. The van der Waals surface area contributed by atoms with Gasteiger partial charge in [0, 0.05) is 33.7 Å². The first-order valence-corrected chi connectivity index (χ1v) is 11.3. The topological polar surface area (TPSA) is 44.9 Å². The highest BCUT2D eigenvalue weighted by Crippen LogP contribution is 2.37. The standard InChI is InChI=1S/C27H22N2OS/c30-27(22-15-14-19-8-4-5-11-21(19)18-22)28-16-17-31-26-23-12-6-7-13-24(23)29-25(26)20-9-2-1-3-10-20/h1-15,18,29H,16-17H2,(H,28,30). The Labute approximate surface area is 185 Å². The Morgan fingerprint density at radius 3 is 2.42 bits per heavy atom. The van der Waals surface area contributed by atoms with Crippen molar-refractivity contribution in [3.63, 3.8) is 0 Å². The van der Waals surface area contributed by atoms with Gasteiger partial charge in [-0.15, -0.1) is 11.8 Å². The number of aromatic nitrogens is 1. The van der Waals surface area contributed by atoms with Crippen LogP contribution in [-0.4, -0.2) is 23.2 Å². The molecule has 0 aliphatic rings. The predicted octanol–water partition coefficient (Wildman–Crippen LogP) is 6.51. The second kappa shape index (κ2) is 8.70. The number of H-pyrrole nitrogens is 1. The van der Waals surface area contributed by atoms with Gasteiger partial charge in [-0.25, -0.2) is 0 Å². The van der Waals surface area contributed by atoms with Gasteiger partial charge in [0.15, 0.2) is 0 Å². The normalized spacial score (nSPS) is 11.1. The highest BCUT2D eigenvalue weighted by Gasteiger charge is 2.13. The van der Waals surface area contributed by atoms with E-state index >= 15 is 0 Å². The number of thioether (sulfide) groups is 1. The number of aromatic amines is 1. The SMILES string of the molecule is O=C(NCCSc1c(-c2ccccc2)[nH]c2ccccc12)c1ccc2ccccc2c1. The molecule has 4 aromatic carbocycles. The predicted molar refractivity (Wildman–Crippen MR) is 131 cm³/mol. The summed E-state index contributed by atoms with van der Waals surface area (Å²) in [5.74, 6) is 0.759. The first kappa shape index (κ1) is 19.5. The zero-order valence-electron chi connectivity index (χ0n) is 17.0. The minimum Gasteiger partial charge on any atom is -0.354 e. The quantitative estimate of drug-likeness (QED) is 0.242. The zero-order chi connectivity index (χ0) is 21.0. The average Bonchev–Trinajstić information content (AvgIpc) is 3.20. The minimum absolute atomic E-state index is 0.0337. The molecule has 1 heterocycles. The van der Waals surface area contributed by atoms with Crippen LogP contribution in [0.5, 0.6) is 0 Å². The maximum atomic E-state index is 12.6. The summed E-state index contributed by atoms with van der Waals surface area (Å²) in [6.45, 7) is 0.601. The largest absolute Gasteiger partial charge is 0.354 e. The molecule has 5 aromatic rings. The molecule has 4 heteroatoms. The Hall–Kier alpha value is -3.50. The second-order valence-electron chi connectivity index (χ2n) is 7.41. The number of nitrogens with one attached hydrogen (secondary N) is 2. The summed E-state index contributed by atoms with van der Waals surface area (Å²) in [6, 6.07) is 32.7. The molecule has 31 heavy (non-hydrogen) atoms. The van der Waals surface area contributed by atoms with E-state index in [1.54, 1.807) is 11.8 Å². The van der Waals surface area contributed by atoms with Crippen molar-refractivity contribution in [1.82, 2.24) is 10.3 Å². The van der Waals surface area contributed by atoms with E-state index in [2.05, 4.69) is 58.8 Å². The number of hydrogen-bond acceptors (Lipinski definition) is 2. The lowest BCUT2D eigenvalue weighted by Crippen LogP contribution is -2.25. The molecule has 0 unspecified atom stereocenters. The molecular formula is C27H22N2OS. The van der Waals surface area contributed by atoms with Crippen molar-refractivity contribution in [3.05, 3.63) is 103 Å². The summed E-state index contributed by atoms with van der Waals surface area (Å²) < 4.78 is 0. The molecule has 0 saturated carbocycles. The van der Waals surface area contributed by atoms with Crippen molar-refractivity contribution >= 4 is 39.3 Å². The van der Waals surface area contributed by atoms with E-state index < -0.39 is 0 Å². The van der Waals surface area contributed by atoms with Crippen LogP contribution < -0.4 is 5.32 Å². The fraction of sp³-hybridized carbons (Fsp3) is 0.0741. The van der Waals surface area contributed by atoms with Crippen molar-refractivity contribution in [2.75, 3.05) is 12.3 Å². The van der Waals surface area contributed by atoms with E-state index in [1.165, 1.54) is 15.8 Å². The molecule has 0 fully saturated rings. The number of carbonyl (C=O) groups is 1. The Bertz CT molecular complexity index is 1360. The van der Waals surface area contributed by atoms with Crippen LogP contribution in [0.3, 0.4) is 0 Å². The van der Waals surface area contributed by atoms with Crippen LogP contribution in [0.15, 0.2) is 102 Å². The van der Waals surface area contributed by atoms with Crippen LogP contribution in [0.25, 0.3) is 32.9 Å². The van der Waals surface area contributed by atoms with Crippen molar-refractivity contribution < 1.29 is 4.79 Å². The number of carbonyl (C=O) groups excluding carboxylic acids is 1. The van der Waals surface area contributed by atoms with Crippen molar-refractivity contribution in [2.24, 2.45) is 0 Å². The molecule has 0 aliphatic heterocycles. The Morgan fingerprint density at radius 2 is 1.55 bits per heavy atom. The summed E-state index contributed by atoms with van der Waals surface area (Å²) in [6.07, 6.45) is 0. The van der Waals surface area contributed by atoms with Crippen LogP contribution in [-0.2, 0) is 0 Å². The van der Waals surface area contributed by atoms with Crippen LogP contribution in [0.1, 0.15) is 10.4 Å². The molecule has 0 saturated heterocycles. The third-order valence-corrected chi connectivity index (χ3v) is 6.49. The number of para-hydroxylation sites is 1. The fourth-order valence-corrected chi connectivity index (χ4v) is 4.88. The van der Waals surface area contributed by atoms with Crippen molar-refractivity contribution in [3.8, 4) is 11.3 Å². The molecule has 0 spiro atoms. The van der Waals surface area contributed by atoms with E-state index in [9.17, 15) is 4.79 Å². The van der Waals surface area contributed by atoms with Gasteiger partial charge in [-0.2, -0.15) is 0 Å².